The zero-order valence-corrected chi connectivity index (χ0v) is 15.6. The maximum Gasteiger partial charge on any atom is 0.366 e. The summed E-state index contributed by atoms with van der Waals surface area (Å²) in [5.74, 6) is -0.814. The van der Waals surface area contributed by atoms with Crippen molar-refractivity contribution in [2.75, 3.05) is 0 Å². The van der Waals surface area contributed by atoms with Gasteiger partial charge in [0.05, 0.1) is 16.7 Å². The number of primary amides is 1. The molecule has 0 saturated heterocycles. The number of nitrogens with two attached hydrogens (primary N) is 1. The van der Waals surface area contributed by atoms with Crippen LogP contribution in [0.25, 0.3) is 0 Å². The normalized spacial score (nSPS) is 32.1. The van der Waals surface area contributed by atoms with Gasteiger partial charge in [0, 0.05) is 16.3 Å². The summed E-state index contributed by atoms with van der Waals surface area (Å²) in [6, 6.07) is 7.03. The highest BCUT2D eigenvalue weighted by atomic mass is 79.9. The molecule has 6 heteroatoms. The minimum absolute atomic E-state index is 0.293. The highest BCUT2D eigenvalue weighted by molar-refractivity contribution is 9.10. The average Bonchev–Trinajstić information content (AvgIpc) is 2.83. The van der Waals surface area contributed by atoms with Crippen LogP contribution < -0.4 is 5.73 Å². The van der Waals surface area contributed by atoms with Crippen molar-refractivity contribution in [3.05, 3.63) is 34.3 Å². The quantitative estimate of drug-likeness (QED) is 0.629. The molecule has 2 unspecified atom stereocenters. The van der Waals surface area contributed by atoms with Crippen LogP contribution in [-0.4, -0.2) is 17.6 Å². The van der Waals surface area contributed by atoms with Crippen LogP contribution in [0.1, 0.15) is 50.4 Å². The number of hydrogen-bond donors (Lipinski definition) is 1. The number of fused-ring (bicyclic) bond motifs is 2. The molecule has 2 aliphatic carbocycles. The fourth-order valence-corrected chi connectivity index (χ4v) is 4.78. The number of oxime groups is 1. The average molecular weight is 393 g/mol. The number of hydrogen-bond acceptors (Lipinski definition) is 4. The van der Waals surface area contributed by atoms with E-state index in [2.05, 4.69) is 41.9 Å². The van der Waals surface area contributed by atoms with E-state index in [-0.39, 0.29) is 16.7 Å². The second-order valence-electron chi connectivity index (χ2n) is 7.48. The topological polar surface area (TPSA) is 81.8 Å². The number of benzene rings is 1. The Hall–Kier alpha value is -1.69. The van der Waals surface area contributed by atoms with Crippen molar-refractivity contribution < 1.29 is 14.4 Å². The van der Waals surface area contributed by atoms with E-state index in [1.807, 2.05) is 6.07 Å². The molecule has 2 fully saturated rings. The molecule has 24 heavy (non-hydrogen) atoms. The fraction of sp³-hybridized carbons (Fsp3) is 0.500. The zero-order chi connectivity index (χ0) is 17.8. The van der Waals surface area contributed by atoms with Crippen molar-refractivity contribution in [3.8, 4) is 0 Å². The fourth-order valence-electron chi connectivity index (χ4n) is 4.34. The second kappa shape index (κ2) is 5.41. The van der Waals surface area contributed by atoms with Crippen LogP contribution in [0, 0.1) is 16.2 Å². The largest absolute Gasteiger partial charge is 0.369 e. The molecular formula is C18H21BrN2O3. The third-order valence-electron chi connectivity index (χ3n) is 6.54. The van der Waals surface area contributed by atoms with Crippen LogP contribution in [-0.2, 0) is 9.63 Å². The molecule has 5 nitrogen and oxygen atoms in total. The molecule has 128 valence electrons. The molecule has 0 aliphatic heterocycles. The predicted molar refractivity (Wildman–Crippen MR) is 94.4 cm³/mol. The van der Waals surface area contributed by atoms with Crippen LogP contribution in [0.15, 0.2) is 33.9 Å². The van der Waals surface area contributed by atoms with Gasteiger partial charge in [-0.05, 0) is 46.3 Å². The number of carbonyl (C=O) groups excluding carboxylic acids is 2. The molecule has 0 radical (unpaired) electrons. The summed E-state index contributed by atoms with van der Waals surface area (Å²) in [6.07, 6.45) is 2.02. The van der Waals surface area contributed by atoms with Crippen molar-refractivity contribution in [1.29, 1.82) is 0 Å². The van der Waals surface area contributed by atoms with E-state index < -0.39 is 11.4 Å². The van der Waals surface area contributed by atoms with Gasteiger partial charge in [-0.1, -0.05) is 38.1 Å². The Kier molecular flexibility index (Phi) is 3.86. The van der Waals surface area contributed by atoms with Crippen molar-refractivity contribution >= 4 is 33.5 Å². The Balaban J connectivity index is 1.89. The van der Waals surface area contributed by atoms with Crippen LogP contribution >= 0.6 is 15.9 Å². The van der Waals surface area contributed by atoms with Crippen molar-refractivity contribution in [1.82, 2.24) is 0 Å². The van der Waals surface area contributed by atoms with Gasteiger partial charge in [0.1, 0.15) is 0 Å². The van der Waals surface area contributed by atoms with E-state index in [1.165, 1.54) is 0 Å². The van der Waals surface area contributed by atoms with Gasteiger partial charge in [-0.2, -0.15) is 0 Å². The molecule has 1 amide bonds. The van der Waals surface area contributed by atoms with Gasteiger partial charge in [0.15, 0.2) is 0 Å². The van der Waals surface area contributed by atoms with E-state index in [4.69, 9.17) is 10.6 Å². The monoisotopic (exact) mass is 392 g/mol. The van der Waals surface area contributed by atoms with Crippen LogP contribution in [0.2, 0.25) is 0 Å². The smallest absolute Gasteiger partial charge is 0.366 e. The molecule has 2 atom stereocenters. The van der Waals surface area contributed by atoms with Gasteiger partial charge < -0.3 is 10.6 Å². The van der Waals surface area contributed by atoms with E-state index in [9.17, 15) is 9.59 Å². The molecule has 1 aromatic rings. The molecule has 1 aromatic carbocycles. The minimum Gasteiger partial charge on any atom is -0.369 e. The first-order valence-corrected chi connectivity index (χ1v) is 8.78. The lowest BCUT2D eigenvalue weighted by Gasteiger charge is -2.38. The Bertz CT molecular complexity index is 758. The molecule has 0 aromatic heterocycles. The summed E-state index contributed by atoms with van der Waals surface area (Å²) >= 11 is 3.33. The van der Waals surface area contributed by atoms with Gasteiger partial charge >= 0.3 is 5.97 Å². The lowest BCUT2D eigenvalue weighted by molar-refractivity contribution is -0.132. The molecule has 0 spiro atoms. The maximum absolute atomic E-state index is 12.3. The minimum atomic E-state index is -0.611. The van der Waals surface area contributed by atoms with E-state index >= 15 is 0 Å². The summed E-state index contributed by atoms with van der Waals surface area (Å²) in [6.45, 7) is 6.20. The number of carbonyl (C=O) groups is 2. The Morgan fingerprint density at radius 2 is 1.88 bits per heavy atom. The molecule has 2 saturated carbocycles. The Labute approximate surface area is 149 Å². The van der Waals surface area contributed by atoms with E-state index in [0.717, 1.165) is 18.6 Å². The van der Waals surface area contributed by atoms with Gasteiger partial charge in [0.25, 0.3) is 0 Å². The van der Waals surface area contributed by atoms with Crippen molar-refractivity contribution in [2.24, 2.45) is 27.1 Å². The van der Waals surface area contributed by atoms with E-state index in [1.54, 1.807) is 18.2 Å². The molecule has 0 heterocycles. The third kappa shape index (κ3) is 2.08. The Morgan fingerprint density at radius 3 is 2.46 bits per heavy atom. The molecule has 3 rings (SSSR count). The first kappa shape index (κ1) is 17.1. The number of halogens is 1. The van der Waals surface area contributed by atoms with Gasteiger partial charge in [-0.25, -0.2) is 4.79 Å². The van der Waals surface area contributed by atoms with Gasteiger partial charge in [-0.3, -0.25) is 4.79 Å². The van der Waals surface area contributed by atoms with Crippen LogP contribution in [0.5, 0.6) is 0 Å². The van der Waals surface area contributed by atoms with Gasteiger partial charge in [-0.15, -0.1) is 0 Å². The highest BCUT2D eigenvalue weighted by Crippen LogP contribution is 2.70. The third-order valence-corrected chi connectivity index (χ3v) is 7.23. The summed E-state index contributed by atoms with van der Waals surface area (Å²) in [5, 5.41) is 4.16. The summed E-state index contributed by atoms with van der Waals surface area (Å²) in [5.41, 5.74) is 5.67. The first-order chi connectivity index (χ1) is 11.2. The zero-order valence-electron chi connectivity index (χ0n) is 14.1. The van der Waals surface area contributed by atoms with Crippen LogP contribution in [0.3, 0.4) is 0 Å². The number of nitrogens with zero attached hydrogens (tertiary/aromatic N) is 1. The van der Waals surface area contributed by atoms with E-state index in [0.29, 0.717) is 16.5 Å². The van der Waals surface area contributed by atoms with Crippen molar-refractivity contribution in [2.45, 2.75) is 40.0 Å². The number of rotatable bonds is 3. The second-order valence-corrected chi connectivity index (χ2v) is 8.33. The van der Waals surface area contributed by atoms with Crippen molar-refractivity contribution in [3.63, 3.8) is 0 Å². The lowest BCUT2D eigenvalue weighted by Crippen LogP contribution is -2.44. The summed E-state index contributed by atoms with van der Waals surface area (Å²) in [7, 11) is 0. The Morgan fingerprint density at radius 1 is 1.21 bits per heavy atom. The standard InChI is InChI=1S/C18H21BrN2O3/c1-16(2)17(3)8-9-18(16,15(20)23)10-13(17)21-24-14(22)11-6-4-5-7-12(11)19/h4-7H,8-10H2,1-3H3,(H2,20,23)/b21-13-. The highest BCUT2D eigenvalue weighted by Gasteiger charge is 2.71. The SMILES string of the molecule is CC12CCC(C(N)=O)(C/C1=N/OC(=O)c1ccccc1Br)C2(C)C. The first-order valence-electron chi connectivity index (χ1n) is 7.99. The van der Waals surface area contributed by atoms with Gasteiger partial charge in [0.2, 0.25) is 5.91 Å². The van der Waals surface area contributed by atoms with Crippen LogP contribution in [0.4, 0.5) is 0 Å². The summed E-state index contributed by atoms with van der Waals surface area (Å²) in [4.78, 5) is 29.6. The summed E-state index contributed by atoms with van der Waals surface area (Å²) < 4.78 is 0.656. The number of amides is 1. The molecule has 2 bridgehead atoms. The maximum atomic E-state index is 12.3. The molecule has 2 N–H and O–H groups in total. The lowest BCUT2D eigenvalue weighted by atomic mass is 9.64. The predicted octanol–water partition coefficient (Wildman–Crippen LogP) is 3.66. The molecular weight excluding hydrogens is 372 g/mol. The molecule has 2 aliphatic rings.